The van der Waals surface area contributed by atoms with E-state index < -0.39 is 0 Å². The van der Waals surface area contributed by atoms with Gasteiger partial charge in [0, 0.05) is 45.0 Å². The highest BCUT2D eigenvalue weighted by atomic mass is 16.2. The topological polar surface area (TPSA) is 58.6 Å². The van der Waals surface area contributed by atoms with Crippen LogP contribution in [0.2, 0.25) is 0 Å². The van der Waals surface area contributed by atoms with Crippen LogP contribution in [0.5, 0.6) is 0 Å². The molecule has 1 atom stereocenters. The summed E-state index contributed by atoms with van der Waals surface area (Å²) in [6.45, 7) is 6.38. The molecule has 0 saturated carbocycles. The molecule has 4 rings (SSSR count). The minimum absolute atomic E-state index is 0.521. The maximum atomic E-state index is 7.00. The van der Waals surface area contributed by atoms with Gasteiger partial charge in [0.05, 0.1) is 23.8 Å². The Kier molecular flexibility index (Phi) is 4.85. The molecular formula is C18H25N5O. The zero-order chi connectivity index (χ0) is 17.1. The minimum atomic E-state index is 0.521. The van der Waals surface area contributed by atoms with Crippen LogP contribution >= 0.6 is 0 Å². The van der Waals surface area contributed by atoms with Gasteiger partial charge in [-0.15, -0.1) is 0 Å². The van der Waals surface area contributed by atoms with E-state index >= 15 is 0 Å². The summed E-state index contributed by atoms with van der Waals surface area (Å²) in [6, 6.07) is 2.82. The second kappa shape index (κ2) is 7.05. The number of rotatable bonds is 3. The zero-order valence-corrected chi connectivity index (χ0v) is 14.6. The molecule has 128 valence electrons. The molecule has 1 fully saturated rings. The summed E-state index contributed by atoms with van der Waals surface area (Å²) in [5.41, 5.74) is 4.78. The van der Waals surface area contributed by atoms with E-state index in [1.54, 1.807) is 0 Å². The Hall–Kier alpha value is -2.34. The highest BCUT2D eigenvalue weighted by Gasteiger charge is 2.24. The van der Waals surface area contributed by atoms with Gasteiger partial charge in [-0.05, 0) is 31.4 Å². The number of aliphatic hydroxyl groups excluding tert-OH is 1. The molecule has 6 nitrogen and oxygen atoms in total. The number of anilines is 1. The minimum Gasteiger partial charge on any atom is -0.400 e. The Balaban J connectivity index is 0.000000815. The lowest BCUT2D eigenvalue weighted by molar-refractivity contribution is 0.399. The summed E-state index contributed by atoms with van der Waals surface area (Å²) in [4.78, 5) is 11.3. The number of aliphatic hydroxyl groups is 1. The van der Waals surface area contributed by atoms with E-state index in [1.807, 2.05) is 12.5 Å². The second-order valence-electron chi connectivity index (χ2n) is 6.09. The summed E-state index contributed by atoms with van der Waals surface area (Å²) >= 11 is 0. The van der Waals surface area contributed by atoms with Crippen molar-refractivity contribution in [1.29, 1.82) is 0 Å². The van der Waals surface area contributed by atoms with Crippen molar-refractivity contribution in [1.82, 2.24) is 18.9 Å². The molecule has 4 heterocycles. The maximum Gasteiger partial charge on any atom is 0.140 e. The van der Waals surface area contributed by atoms with Gasteiger partial charge >= 0.3 is 0 Å². The van der Waals surface area contributed by atoms with Gasteiger partial charge in [-0.2, -0.15) is 0 Å². The monoisotopic (exact) mass is 327 g/mol. The lowest BCUT2D eigenvalue weighted by atomic mass is 10.2. The molecule has 1 unspecified atom stereocenters. The molecule has 0 bridgehead atoms. The number of aromatic nitrogens is 4. The summed E-state index contributed by atoms with van der Waals surface area (Å²) in [5, 5.41) is 7.00. The van der Waals surface area contributed by atoms with E-state index in [2.05, 4.69) is 62.3 Å². The molecule has 1 saturated heterocycles. The van der Waals surface area contributed by atoms with Gasteiger partial charge in [0.15, 0.2) is 0 Å². The van der Waals surface area contributed by atoms with Gasteiger partial charge in [0.2, 0.25) is 0 Å². The molecular weight excluding hydrogens is 302 g/mol. The molecule has 3 aromatic rings. The van der Waals surface area contributed by atoms with Crippen LogP contribution in [0.25, 0.3) is 5.65 Å². The average molecular weight is 327 g/mol. The fourth-order valence-electron chi connectivity index (χ4n) is 3.41. The van der Waals surface area contributed by atoms with Crippen molar-refractivity contribution in [3.05, 3.63) is 48.4 Å². The van der Waals surface area contributed by atoms with Crippen LogP contribution in [-0.4, -0.2) is 44.2 Å². The van der Waals surface area contributed by atoms with E-state index in [9.17, 15) is 0 Å². The number of hydrogen-bond donors (Lipinski definition) is 1. The first-order valence-electron chi connectivity index (χ1n) is 8.40. The molecule has 24 heavy (non-hydrogen) atoms. The van der Waals surface area contributed by atoms with Gasteiger partial charge < -0.3 is 19.0 Å². The van der Waals surface area contributed by atoms with Crippen LogP contribution in [0.15, 0.2) is 37.2 Å². The number of hydrogen-bond acceptors (Lipinski definition) is 4. The van der Waals surface area contributed by atoms with Crippen molar-refractivity contribution in [2.45, 2.75) is 32.7 Å². The number of fused-ring (bicyclic) bond motifs is 1. The molecule has 1 aliphatic heterocycles. The molecule has 3 aromatic heterocycles. The Bertz CT molecular complexity index is 793. The highest BCUT2D eigenvalue weighted by Crippen LogP contribution is 2.28. The number of aryl methyl sites for hydroxylation is 2. The predicted molar refractivity (Wildman–Crippen MR) is 95.5 cm³/mol. The fourth-order valence-corrected chi connectivity index (χ4v) is 3.41. The van der Waals surface area contributed by atoms with Crippen LogP contribution < -0.4 is 4.90 Å². The van der Waals surface area contributed by atoms with Gasteiger partial charge in [0.25, 0.3) is 0 Å². The Morgan fingerprint density at radius 1 is 1.29 bits per heavy atom. The lowest BCUT2D eigenvalue weighted by Crippen LogP contribution is -2.21. The Morgan fingerprint density at radius 3 is 2.83 bits per heavy atom. The van der Waals surface area contributed by atoms with Crippen molar-refractivity contribution in [2.75, 3.05) is 25.1 Å². The predicted octanol–water partition coefficient (Wildman–Crippen LogP) is 2.46. The summed E-state index contributed by atoms with van der Waals surface area (Å²) in [7, 11) is 1.00. The van der Waals surface area contributed by atoms with E-state index in [4.69, 9.17) is 5.11 Å². The number of imidazole rings is 2. The summed E-state index contributed by atoms with van der Waals surface area (Å²) in [5.74, 6) is 0. The number of nitrogens with zero attached hydrogens (tertiary/aromatic N) is 5. The average Bonchev–Trinajstić information content (AvgIpc) is 3.34. The second-order valence-corrected chi connectivity index (χ2v) is 6.09. The van der Waals surface area contributed by atoms with E-state index in [0.717, 1.165) is 38.0 Å². The van der Waals surface area contributed by atoms with Crippen LogP contribution in [0.4, 0.5) is 5.69 Å². The summed E-state index contributed by atoms with van der Waals surface area (Å²) in [6.07, 6.45) is 12.3. The molecule has 1 N–H and O–H groups in total. The smallest absolute Gasteiger partial charge is 0.140 e. The highest BCUT2D eigenvalue weighted by molar-refractivity contribution is 5.59. The lowest BCUT2D eigenvalue weighted by Gasteiger charge is -2.20. The third-order valence-electron chi connectivity index (χ3n) is 4.59. The van der Waals surface area contributed by atoms with Crippen LogP contribution in [0, 0.1) is 6.92 Å². The SMILES string of the molecule is CCc1cc(N2CCC(n3ccnc3)C2)cn2cc(C)nc12.CO. The normalized spacial score (nSPS) is 17.2. The Labute approximate surface area is 142 Å². The van der Waals surface area contributed by atoms with Gasteiger partial charge in [0.1, 0.15) is 5.65 Å². The molecule has 6 heteroatoms. The molecule has 1 aliphatic rings. The quantitative estimate of drug-likeness (QED) is 0.803. The van der Waals surface area contributed by atoms with Gasteiger partial charge in [-0.1, -0.05) is 6.92 Å². The third-order valence-corrected chi connectivity index (χ3v) is 4.59. The molecule has 0 spiro atoms. The standard InChI is InChI=1S/C17H21N5.CH4O/c1-3-14-8-16(11-22-9-13(2)19-17(14)22)20-6-4-15(10-20)21-7-5-18-12-21;1-2/h5,7-9,11-12,15H,3-4,6,10H2,1-2H3;2H,1H3. The molecule has 0 amide bonds. The first kappa shape index (κ1) is 16.5. The van der Waals surface area contributed by atoms with Crippen molar-refractivity contribution in [2.24, 2.45) is 0 Å². The maximum absolute atomic E-state index is 7.00. The molecule has 0 aromatic carbocycles. The molecule has 0 aliphatic carbocycles. The van der Waals surface area contributed by atoms with Crippen molar-refractivity contribution in [3.8, 4) is 0 Å². The van der Waals surface area contributed by atoms with Crippen molar-refractivity contribution in [3.63, 3.8) is 0 Å². The van der Waals surface area contributed by atoms with Crippen LogP contribution in [-0.2, 0) is 6.42 Å². The largest absolute Gasteiger partial charge is 0.400 e. The first-order chi connectivity index (χ1) is 11.7. The van der Waals surface area contributed by atoms with Gasteiger partial charge in [-0.3, -0.25) is 0 Å². The van der Waals surface area contributed by atoms with Crippen molar-refractivity contribution < 1.29 is 5.11 Å². The van der Waals surface area contributed by atoms with Gasteiger partial charge in [-0.25, -0.2) is 9.97 Å². The number of pyridine rings is 1. The van der Waals surface area contributed by atoms with E-state index in [0.29, 0.717) is 6.04 Å². The molecule has 0 radical (unpaired) electrons. The van der Waals surface area contributed by atoms with E-state index in [-0.39, 0.29) is 0 Å². The van der Waals surface area contributed by atoms with Crippen LogP contribution in [0.3, 0.4) is 0 Å². The zero-order valence-electron chi connectivity index (χ0n) is 14.6. The Morgan fingerprint density at radius 2 is 2.12 bits per heavy atom. The van der Waals surface area contributed by atoms with E-state index in [1.165, 1.54) is 17.7 Å². The first-order valence-corrected chi connectivity index (χ1v) is 8.40. The van der Waals surface area contributed by atoms with Crippen molar-refractivity contribution >= 4 is 11.3 Å². The van der Waals surface area contributed by atoms with Crippen LogP contribution in [0.1, 0.15) is 30.6 Å². The third kappa shape index (κ3) is 3.01. The summed E-state index contributed by atoms with van der Waals surface area (Å²) < 4.78 is 4.40. The fraction of sp³-hybridized carbons (Fsp3) is 0.444.